The molecule has 1 saturated heterocycles. The van der Waals surface area contributed by atoms with Crippen molar-refractivity contribution in [3.63, 3.8) is 0 Å². The number of nitro benzene ring substituents is 1. The summed E-state index contributed by atoms with van der Waals surface area (Å²) in [6, 6.07) is 21.2. The molecule has 0 unspecified atom stereocenters. The maximum absolute atomic E-state index is 13.7. The summed E-state index contributed by atoms with van der Waals surface area (Å²) in [5, 5.41) is 13.6. The fourth-order valence-electron chi connectivity index (χ4n) is 5.94. The molecule has 9 heteroatoms. The number of carbonyl (C=O) groups excluding carboxylic acids is 3. The first-order valence-corrected chi connectivity index (χ1v) is 11.9. The van der Waals surface area contributed by atoms with Crippen molar-refractivity contribution in [2.24, 2.45) is 11.8 Å². The lowest BCUT2D eigenvalue weighted by molar-refractivity contribution is -0.384. The number of rotatable bonds is 4. The Bertz CT molecular complexity index is 1410. The van der Waals surface area contributed by atoms with Gasteiger partial charge in [0.05, 0.1) is 21.1 Å². The third-order valence-corrected chi connectivity index (χ3v) is 8.60. The predicted octanol–water partition coefficient (Wildman–Crippen LogP) is 3.93. The van der Waals surface area contributed by atoms with Gasteiger partial charge in [0.25, 0.3) is 5.69 Å². The van der Waals surface area contributed by atoms with E-state index in [1.54, 1.807) is 0 Å². The molecule has 3 amide bonds. The molecule has 8 nitrogen and oxygen atoms in total. The van der Waals surface area contributed by atoms with E-state index in [0.29, 0.717) is 0 Å². The molecule has 0 aromatic heterocycles. The van der Waals surface area contributed by atoms with Gasteiger partial charge in [0.2, 0.25) is 17.7 Å². The molecule has 3 aromatic carbocycles. The molecule has 4 aliphatic rings. The van der Waals surface area contributed by atoms with Crippen LogP contribution in [0.15, 0.2) is 72.8 Å². The Morgan fingerprint density at radius 1 is 0.971 bits per heavy atom. The lowest BCUT2D eigenvalue weighted by Crippen LogP contribution is -2.50. The van der Waals surface area contributed by atoms with Crippen molar-refractivity contribution in [3.05, 3.63) is 105 Å². The Labute approximate surface area is 208 Å². The van der Waals surface area contributed by atoms with Crippen LogP contribution in [0.5, 0.6) is 0 Å². The van der Waals surface area contributed by atoms with Crippen LogP contribution in [-0.2, 0) is 18.7 Å². The first-order valence-electron chi connectivity index (χ1n) is 11.1. The molecule has 2 atom stereocenters. The minimum atomic E-state index is -0.877. The zero-order valence-corrected chi connectivity index (χ0v) is 19.8. The van der Waals surface area contributed by atoms with Crippen molar-refractivity contribution in [1.29, 1.82) is 0 Å². The molecule has 0 radical (unpaired) electrons. The SMILES string of the molecule is O=C(CN1C(=O)[C@H]2C3c4ccccc4C(Br)(c4ccccc43)[C@H]2C1=O)Nc1cccc([N+](=O)[O-])c1. The smallest absolute Gasteiger partial charge is 0.271 e. The molecule has 1 heterocycles. The number of nitrogens with one attached hydrogen (secondary N) is 1. The number of benzene rings is 3. The van der Waals surface area contributed by atoms with Gasteiger partial charge in [0, 0.05) is 23.7 Å². The van der Waals surface area contributed by atoms with Crippen molar-refractivity contribution in [3.8, 4) is 0 Å². The standard InChI is InChI=1S/C26H18BrN3O5/c27-26-18-10-3-1-8-16(18)21(17-9-2-4-11-19(17)26)22-23(26)25(33)29(24(22)32)13-20(31)28-14-6-5-7-15(12-14)30(34)35/h1-12,21-23H,13H2,(H,28,31)/t21?,22-,23+,26?/m0/s1. The third kappa shape index (κ3) is 2.94. The zero-order chi connectivity index (χ0) is 24.5. The quantitative estimate of drug-likeness (QED) is 0.237. The third-order valence-electron chi connectivity index (χ3n) is 7.25. The van der Waals surface area contributed by atoms with E-state index in [0.717, 1.165) is 27.2 Å². The zero-order valence-electron chi connectivity index (χ0n) is 18.2. The molecule has 174 valence electrons. The minimum absolute atomic E-state index is 0.171. The monoisotopic (exact) mass is 531 g/mol. The molecule has 2 bridgehead atoms. The minimum Gasteiger partial charge on any atom is -0.324 e. The van der Waals surface area contributed by atoms with E-state index < -0.39 is 39.4 Å². The molecular formula is C26H18BrN3O5. The highest BCUT2D eigenvalue weighted by Gasteiger charge is 2.67. The van der Waals surface area contributed by atoms with Crippen molar-refractivity contribution in [1.82, 2.24) is 4.90 Å². The number of hydrogen-bond acceptors (Lipinski definition) is 5. The molecule has 1 N–H and O–H groups in total. The molecule has 0 saturated carbocycles. The van der Waals surface area contributed by atoms with Gasteiger partial charge in [-0.1, -0.05) is 70.5 Å². The molecule has 1 aliphatic heterocycles. The summed E-state index contributed by atoms with van der Waals surface area (Å²) in [5.41, 5.74) is 4.00. The summed E-state index contributed by atoms with van der Waals surface area (Å²) in [5.74, 6) is -2.98. The summed E-state index contributed by atoms with van der Waals surface area (Å²) >= 11 is 3.91. The highest BCUT2D eigenvalue weighted by molar-refractivity contribution is 9.09. The average molecular weight is 532 g/mol. The maximum atomic E-state index is 13.7. The highest BCUT2D eigenvalue weighted by atomic mass is 79.9. The lowest BCUT2D eigenvalue weighted by atomic mass is 9.55. The van der Waals surface area contributed by atoms with Crippen LogP contribution in [0.4, 0.5) is 11.4 Å². The van der Waals surface area contributed by atoms with E-state index in [-0.39, 0.29) is 23.2 Å². The second-order valence-electron chi connectivity index (χ2n) is 8.99. The van der Waals surface area contributed by atoms with Crippen LogP contribution in [-0.4, -0.2) is 34.1 Å². The van der Waals surface area contributed by atoms with Crippen LogP contribution in [0.1, 0.15) is 28.2 Å². The summed E-state index contributed by atoms with van der Waals surface area (Å²) in [4.78, 5) is 51.6. The number of nitrogens with zero attached hydrogens (tertiary/aromatic N) is 2. The number of imide groups is 1. The van der Waals surface area contributed by atoms with Crippen LogP contribution >= 0.6 is 15.9 Å². The number of carbonyl (C=O) groups is 3. The van der Waals surface area contributed by atoms with E-state index in [4.69, 9.17) is 0 Å². The number of likely N-dealkylation sites (tertiary alicyclic amines) is 1. The molecule has 1 fully saturated rings. The van der Waals surface area contributed by atoms with Gasteiger partial charge in [0.1, 0.15) is 6.54 Å². The van der Waals surface area contributed by atoms with Crippen LogP contribution in [0.3, 0.4) is 0 Å². The Kier molecular flexibility index (Phi) is 4.69. The molecule has 3 aromatic rings. The second kappa shape index (κ2) is 7.58. The molecular weight excluding hydrogens is 514 g/mol. The molecule has 7 rings (SSSR count). The Balaban J connectivity index is 1.35. The summed E-state index contributed by atoms with van der Waals surface area (Å²) in [7, 11) is 0. The lowest BCUT2D eigenvalue weighted by Gasteiger charge is -2.51. The normalized spacial score (nSPS) is 25.6. The van der Waals surface area contributed by atoms with Gasteiger partial charge < -0.3 is 5.32 Å². The average Bonchev–Trinajstić information content (AvgIpc) is 3.10. The number of hydrogen-bond donors (Lipinski definition) is 1. The van der Waals surface area contributed by atoms with Crippen molar-refractivity contribution in [2.75, 3.05) is 11.9 Å². The van der Waals surface area contributed by atoms with E-state index in [9.17, 15) is 24.5 Å². The largest absolute Gasteiger partial charge is 0.324 e. The van der Waals surface area contributed by atoms with E-state index >= 15 is 0 Å². The topological polar surface area (TPSA) is 110 Å². The van der Waals surface area contributed by atoms with Crippen molar-refractivity contribution < 1.29 is 19.3 Å². The van der Waals surface area contributed by atoms with E-state index in [2.05, 4.69) is 21.2 Å². The van der Waals surface area contributed by atoms with E-state index in [1.165, 1.54) is 24.3 Å². The van der Waals surface area contributed by atoms with Gasteiger partial charge in [0.15, 0.2) is 0 Å². The predicted molar refractivity (Wildman–Crippen MR) is 130 cm³/mol. The van der Waals surface area contributed by atoms with Gasteiger partial charge in [-0.3, -0.25) is 29.4 Å². The molecule has 3 aliphatic carbocycles. The van der Waals surface area contributed by atoms with Gasteiger partial charge >= 0.3 is 0 Å². The first kappa shape index (κ1) is 21.7. The van der Waals surface area contributed by atoms with Gasteiger partial charge in [-0.25, -0.2) is 0 Å². The van der Waals surface area contributed by atoms with Crippen LogP contribution in [0.2, 0.25) is 0 Å². The van der Waals surface area contributed by atoms with Crippen LogP contribution in [0.25, 0.3) is 0 Å². The van der Waals surface area contributed by atoms with Gasteiger partial charge in [-0.05, 0) is 28.3 Å². The number of anilines is 1. The number of halogens is 1. The van der Waals surface area contributed by atoms with Crippen LogP contribution < -0.4 is 5.32 Å². The Morgan fingerprint density at radius 3 is 2.23 bits per heavy atom. The van der Waals surface area contributed by atoms with Crippen molar-refractivity contribution in [2.45, 2.75) is 10.2 Å². The van der Waals surface area contributed by atoms with Crippen LogP contribution in [0, 0.1) is 22.0 Å². The molecule has 35 heavy (non-hydrogen) atoms. The van der Waals surface area contributed by atoms with Gasteiger partial charge in [-0.15, -0.1) is 0 Å². The Hall–Kier alpha value is -3.85. The van der Waals surface area contributed by atoms with E-state index in [1.807, 2.05) is 48.5 Å². The fraction of sp³-hybridized carbons (Fsp3) is 0.192. The number of amides is 3. The highest BCUT2D eigenvalue weighted by Crippen LogP contribution is 2.66. The Morgan fingerprint density at radius 2 is 1.60 bits per heavy atom. The van der Waals surface area contributed by atoms with Gasteiger partial charge in [-0.2, -0.15) is 0 Å². The summed E-state index contributed by atoms with van der Waals surface area (Å²) < 4.78 is -0.877. The maximum Gasteiger partial charge on any atom is 0.271 e. The number of non-ortho nitro benzene ring substituents is 1. The number of nitro groups is 1. The fourth-order valence-corrected chi connectivity index (χ4v) is 7.14. The van der Waals surface area contributed by atoms with Crippen molar-refractivity contribution >= 4 is 45.0 Å². The summed E-state index contributed by atoms with van der Waals surface area (Å²) in [6.45, 7) is -0.462. The molecule has 0 spiro atoms. The summed E-state index contributed by atoms with van der Waals surface area (Å²) in [6.07, 6.45) is 0. The number of alkyl halides is 1. The second-order valence-corrected chi connectivity index (χ2v) is 10.2. The first-order chi connectivity index (χ1) is 16.8.